The Morgan fingerprint density at radius 2 is 1.94 bits per heavy atom. The number of alkyl halides is 3. The van der Waals surface area contributed by atoms with Crippen LogP contribution in [0.25, 0.3) is 0 Å². The second-order valence-corrected chi connectivity index (χ2v) is 3.09. The highest BCUT2D eigenvalue weighted by Crippen LogP contribution is 2.18. The minimum atomic E-state index is -4.75. The molecule has 0 radical (unpaired) electrons. The summed E-state index contributed by atoms with van der Waals surface area (Å²) in [7, 11) is 0. The summed E-state index contributed by atoms with van der Waals surface area (Å²) >= 11 is 0. The molecule has 0 bridgehead atoms. The van der Waals surface area contributed by atoms with Crippen molar-refractivity contribution in [1.29, 1.82) is 0 Å². The number of carbonyl (C=O) groups is 1. The van der Waals surface area contributed by atoms with Crippen molar-refractivity contribution in [3.8, 4) is 5.75 Å². The van der Waals surface area contributed by atoms with E-state index in [4.69, 9.17) is 9.84 Å². The number of aromatic carboxylic acids is 1. The molecule has 8 heteroatoms. The molecule has 0 saturated heterocycles. The van der Waals surface area contributed by atoms with Gasteiger partial charge in [-0.1, -0.05) is 0 Å². The number of rotatable bonds is 5. The van der Waals surface area contributed by atoms with Gasteiger partial charge in [-0.2, -0.15) is 0 Å². The van der Waals surface area contributed by atoms with E-state index in [0.29, 0.717) is 0 Å². The molecule has 0 unspecified atom stereocenters. The minimum absolute atomic E-state index is 0.0803. The monoisotopic (exact) mass is 268 g/mol. The highest BCUT2D eigenvalue weighted by molar-refractivity contribution is 5.88. The molecule has 0 spiro atoms. The Labute approximate surface area is 98.7 Å². The molecule has 0 saturated carbocycles. The van der Waals surface area contributed by atoms with Gasteiger partial charge in [0.2, 0.25) is 0 Å². The van der Waals surface area contributed by atoms with Crippen LogP contribution in [0.2, 0.25) is 0 Å². The van der Waals surface area contributed by atoms with E-state index >= 15 is 0 Å². The van der Waals surface area contributed by atoms with Crippen LogP contribution in [-0.4, -0.2) is 30.7 Å². The fourth-order valence-corrected chi connectivity index (χ4v) is 1.08. The Morgan fingerprint density at radius 1 is 1.28 bits per heavy atom. The van der Waals surface area contributed by atoms with Crippen LogP contribution < -0.4 is 4.74 Å². The zero-order valence-corrected chi connectivity index (χ0v) is 8.83. The quantitative estimate of drug-likeness (QED) is 0.658. The van der Waals surface area contributed by atoms with Crippen molar-refractivity contribution in [2.45, 2.75) is 6.36 Å². The molecular formula is C10H8F4O4. The first-order valence-electron chi connectivity index (χ1n) is 4.66. The molecule has 1 rings (SSSR count). The minimum Gasteiger partial charge on any atom is -0.491 e. The van der Waals surface area contributed by atoms with Crippen molar-refractivity contribution >= 4 is 5.97 Å². The van der Waals surface area contributed by atoms with Gasteiger partial charge in [-0.3, -0.25) is 4.74 Å². The lowest BCUT2D eigenvalue weighted by molar-refractivity contribution is -0.325. The number of carboxylic acid groups (broad SMARTS) is 1. The van der Waals surface area contributed by atoms with Crippen LogP contribution in [0.3, 0.4) is 0 Å². The zero-order chi connectivity index (χ0) is 13.8. The SMILES string of the molecule is O=C(O)c1ccc(OCCOC(F)(F)F)cc1F. The lowest BCUT2D eigenvalue weighted by atomic mass is 10.2. The van der Waals surface area contributed by atoms with Gasteiger partial charge in [-0.25, -0.2) is 9.18 Å². The van der Waals surface area contributed by atoms with Crippen LogP contribution in [0.5, 0.6) is 5.75 Å². The first-order valence-corrected chi connectivity index (χ1v) is 4.66. The van der Waals surface area contributed by atoms with Crippen molar-refractivity contribution in [3.05, 3.63) is 29.6 Å². The van der Waals surface area contributed by atoms with Gasteiger partial charge in [0.15, 0.2) is 0 Å². The predicted octanol–water partition coefficient (Wildman–Crippen LogP) is 2.44. The molecule has 1 N–H and O–H groups in total. The van der Waals surface area contributed by atoms with Gasteiger partial charge in [0.05, 0.1) is 12.2 Å². The molecule has 1 aromatic carbocycles. The molecular weight excluding hydrogens is 260 g/mol. The maximum atomic E-state index is 13.1. The first kappa shape index (κ1) is 14.2. The number of hydrogen-bond donors (Lipinski definition) is 1. The molecule has 1 aromatic rings. The molecule has 0 aliphatic rings. The summed E-state index contributed by atoms with van der Waals surface area (Å²) in [6.45, 7) is -1.18. The van der Waals surface area contributed by atoms with E-state index in [9.17, 15) is 22.4 Å². The highest BCUT2D eigenvalue weighted by atomic mass is 19.4. The number of hydrogen-bond acceptors (Lipinski definition) is 3. The van der Waals surface area contributed by atoms with Gasteiger partial charge in [-0.15, -0.1) is 13.2 Å². The van der Waals surface area contributed by atoms with Crippen LogP contribution >= 0.6 is 0 Å². The van der Waals surface area contributed by atoms with Crippen LogP contribution in [-0.2, 0) is 4.74 Å². The number of carboxylic acids is 1. The Hall–Kier alpha value is -1.83. The Bertz CT molecular complexity index is 430. The second-order valence-electron chi connectivity index (χ2n) is 3.09. The third-order valence-electron chi connectivity index (χ3n) is 1.79. The summed E-state index contributed by atoms with van der Waals surface area (Å²) in [6.07, 6.45) is -4.75. The van der Waals surface area contributed by atoms with E-state index in [-0.39, 0.29) is 5.75 Å². The molecule has 0 heterocycles. The van der Waals surface area contributed by atoms with E-state index in [2.05, 4.69) is 4.74 Å². The van der Waals surface area contributed by atoms with E-state index in [0.717, 1.165) is 18.2 Å². The Morgan fingerprint density at radius 3 is 2.44 bits per heavy atom. The molecule has 0 aromatic heterocycles. The van der Waals surface area contributed by atoms with E-state index < -0.39 is 36.9 Å². The van der Waals surface area contributed by atoms with Crippen LogP contribution in [0, 0.1) is 5.82 Å². The Kier molecular flexibility index (Phi) is 4.49. The van der Waals surface area contributed by atoms with Gasteiger partial charge in [0, 0.05) is 6.07 Å². The van der Waals surface area contributed by atoms with Gasteiger partial charge in [-0.05, 0) is 12.1 Å². The first-order chi connectivity index (χ1) is 8.29. The summed E-state index contributed by atoms with van der Waals surface area (Å²) in [4.78, 5) is 10.5. The summed E-state index contributed by atoms with van der Waals surface area (Å²) in [5.41, 5.74) is -0.547. The average Bonchev–Trinajstić information content (AvgIpc) is 2.22. The lowest BCUT2D eigenvalue weighted by Gasteiger charge is -2.09. The van der Waals surface area contributed by atoms with Crippen LogP contribution in [0.15, 0.2) is 18.2 Å². The summed E-state index contributed by atoms with van der Waals surface area (Å²) in [5.74, 6) is -2.56. The molecule has 4 nitrogen and oxygen atoms in total. The molecule has 0 atom stereocenters. The maximum absolute atomic E-state index is 13.1. The van der Waals surface area contributed by atoms with E-state index in [1.165, 1.54) is 0 Å². The van der Waals surface area contributed by atoms with E-state index in [1.807, 2.05) is 0 Å². The van der Waals surface area contributed by atoms with Gasteiger partial charge in [0.25, 0.3) is 0 Å². The fourth-order valence-electron chi connectivity index (χ4n) is 1.08. The summed E-state index contributed by atoms with van der Waals surface area (Å²) < 4.78 is 56.1. The largest absolute Gasteiger partial charge is 0.522 e. The smallest absolute Gasteiger partial charge is 0.491 e. The number of halogens is 4. The van der Waals surface area contributed by atoms with Crippen molar-refractivity contribution in [1.82, 2.24) is 0 Å². The van der Waals surface area contributed by atoms with Crippen molar-refractivity contribution in [2.24, 2.45) is 0 Å². The van der Waals surface area contributed by atoms with E-state index in [1.54, 1.807) is 0 Å². The third kappa shape index (κ3) is 4.58. The van der Waals surface area contributed by atoms with Crippen molar-refractivity contribution in [2.75, 3.05) is 13.2 Å². The average molecular weight is 268 g/mol. The summed E-state index contributed by atoms with van der Waals surface area (Å²) in [5, 5.41) is 8.53. The van der Waals surface area contributed by atoms with Crippen molar-refractivity contribution < 1.29 is 36.9 Å². The molecule has 0 amide bonds. The number of ether oxygens (including phenoxy) is 2. The van der Waals surface area contributed by atoms with Crippen LogP contribution in [0.4, 0.5) is 17.6 Å². The normalized spacial score (nSPS) is 11.3. The number of benzene rings is 1. The molecule has 0 fully saturated rings. The van der Waals surface area contributed by atoms with Gasteiger partial charge in [0.1, 0.15) is 18.2 Å². The fraction of sp³-hybridized carbons (Fsp3) is 0.300. The topological polar surface area (TPSA) is 55.8 Å². The lowest BCUT2D eigenvalue weighted by Crippen LogP contribution is -2.18. The van der Waals surface area contributed by atoms with Crippen LogP contribution in [0.1, 0.15) is 10.4 Å². The van der Waals surface area contributed by atoms with Gasteiger partial charge >= 0.3 is 12.3 Å². The highest BCUT2D eigenvalue weighted by Gasteiger charge is 2.28. The molecule has 100 valence electrons. The van der Waals surface area contributed by atoms with Gasteiger partial charge < -0.3 is 9.84 Å². The molecule has 0 aliphatic heterocycles. The second kappa shape index (κ2) is 5.67. The zero-order valence-electron chi connectivity index (χ0n) is 8.83. The molecule has 0 aliphatic carbocycles. The Balaban J connectivity index is 2.49. The summed E-state index contributed by atoms with van der Waals surface area (Å²) in [6, 6.07) is 2.87. The standard InChI is InChI=1S/C10H8F4O4/c11-8-5-6(1-2-7(8)9(15)16)17-3-4-18-10(12,13)14/h1-2,5H,3-4H2,(H,15,16). The molecule has 18 heavy (non-hydrogen) atoms. The van der Waals surface area contributed by atoms with Crippen molar-refractivity contribution in [3.63, 3.8) is 0 Å². The predicted molar refractivity (Wildman–Crippen MR) is 50.9 cm³/mol. The maximum Gasteiger partial charge on any atom is 0.522 e. The third-order valence-corrected chi connectivity index (χ3v) is 1.79.